The average Bonchev–Trinajstić information content (AvgIpc) is 3.67. The number of likely N-dealkylation sites (tertiary alicyclic amines) is 1. The number of benzene rings is 2. The highest BCUT2D eigenvalue weighted by Crippen LogP contribution is 2.32. The van der Waals surface area contributed by atoms with Gasteiger partial charge in [0.15, 0.2) is 0 Å². The van der Waals surface area contributed by atoms with Crippen molar-refractivity contribution in [3.63, 3.8) is 0 Å². The van der Waals surface area contributed by atoms with Gasteiger partial charge in [-0.3, -0.25) is 9.69 Å². The van der Waals surface area contributed by atoms with Gasteiger partial charge in [0.1, 0.15) is 17.2 Å². The van der Waals surface area contributed by atoms with E-state index in [4.69, 9.17) is 14.3 Å². The van der Waals surface area contributed by atoms with Crippen molar-refractivity contribution in [1.29, 1.82) is 0 Å². The number of para-hydroxylation sites is 2. The van der Waals surface area contributed by atoms with E-state index in [0.29, 0.717) is 23.6 Å². The quantitative estimate of drug-likeness (QED) is 0.416. The molecule has 0 spiro atoms. The largest absolute Gasteiger partial charge is 0.496 e. The lowest BCUT2D eigenvalue weighted by atomic mass is 10.1. The fourth-order valence-electron chi connectivity index (χ4n) is 4.52. The molecule has 1 aliphatic rings. The second-order valence-corrected chi connectivity index (χ2v) is 8.36. The van der Waals surface area contributed by atoms with Gasteiger partial charge in [-0.25, -0.2) is 4.68 Å². The van der Waals surface area contributed by atoms with E-state index >= 15 is 0 Å². The van der Waals surface area contributed by atoms with Crippen molar-refractivity contribution in [2.75, 3.05) is 26.7 Å². The maximum absolute atomic E-state index is 13.5. The summed E-state index contributed by atoms with van der Waals surface area (Å²) in [6.07, 6.45) is 5.79. The molecule has 1 saturated heterocycles. The van der Waals surface area contributed by atoms with Gasteiger partial charge in [-0.1, -0.05) is 30.3 Å². The summed E-state index contributed by atoms with van der Waals surface area (Å²) in [7, 11) is 1.62. The van der Waals surface area contributed by atoms with Gasteiger partial charge >= 0.3 is 0 Å². The molecule has 1 aliphatic heterocycles. The van der Waals surface area contributed by atoms with Crippen molar-refractivity contribution in [2.45, 2.75) is 18.9 Å². The van der Waals surface area contributed by atoms with Crippen LogP contribution in [0.2, 0.25) is 0 Å². The van der Waals surface area contributed by atoms with E-state index in [0.717, 1.165) is 42.9 Å². The first-order valence-electron chi connectivity index (χ1n) is 11.6. The van der Waals surface area contributed by atoms with Gasteiger partial charge in [-0.15, -0.1) is 0 Å². The summed E-state index contributed by atoms with van der Waals surface area (Å²) in [5, 5.41) is 7.92. The van der Waals surface area contributed by atoms with Gasteiger partial charge in [0, 0.05) is 18.3 Å². The first-order valence-corrected chi connectivity index (χ1v) is 11.6. The topological polar surface area (TPSA) is 72.5 Å². The van der Waals surface area contributed by atoms with Crippen LogP contribution in [-0.4, -0.2) is 47.3 Å². The zero-order chi connectivity index (χ0) is 23.3. The number of rotatable bonds is 8. The predicted octanol–water partition coefficient (Wildman–Crippen LogP) is 4.71. The Morgan fingerprint density at radius 1 is 1.06 bits per heavy atom. The SMILES string of the molecule is COc1ccccc1-c1nn(-c2ccccc2)cc1C(=O)NC[C@H](c1ccco1)N1CCCC1. The number of nitrogens with zero attached hydrogens (tertiary/aromatic N) is 3. The van der Waals surface area contributed by atoms with Crippen LogP contribution in [0.1, 0.15) is 35.0 Å². The molecule has 0 unspecified atom stereocenters. The molecule has 1 fully saturated rings. The molecule has 1 atom stereocenters. The van der Waals surface area contributed by atoms with Gasteiger partial charge in [-0.2, -0.15) is 5.10 Å². The Kier molecular flexibility index (Phi) is 6.44. The van der Waals surface area contributed by atoms with Gasteiger partial charge in [0.25, 0.3) is 5.91 Å². The smallest absolute Gasteiger partial charge is 0.255 e. The Morgan fingerprint density at radius 2 is 1.82 bits per heavy atom. The summed E-state index contributed by atoms with van der Waals surface area (Å²) in [5.41, 5.74) is 2.72. The Labute approximate surface area is 199 Å². The van der Waals surface area contributed by atoms with E-state index in [1.54, 1.807) is 24.3 Å². The molecule has 0 bridgehead atoms. The van der Waals surface area contributed by atoms with E-state index in [2.05, 4.69) is 10.2 Å². The number of aromatic nitrogens is 2. The lowest BCUT2D eigenvalue weighted by molar-refractivity contribution is 0.0934. The van der Waals surface area contributed by atoms with Gasteiger partial charge in [0.2, 0.25) is 0 Å². The maximum atomic E-state index is 13.5. The predicted molar refractivity (Wildman–Crippen MR) is 130 cm³/mol. The van der Waals surface area contributed by atoms with Crippen molar-refractivity contribution in [3.8, 4) is 22.7 Å². The van der Waals surface area contributed by atoms with E-state index in [9.17, 15) is 4.79 Å². The van der Waals surface area contributed by atoms with E-state index < -0.39 is 0 Å². The molecule has 0 saturated carbocycles. The Balaban J connectivity index is 1.46. The number of methoxy groups -OCH3 is 1. The van der Waals surface area contributed by atoms with Crippen LogP contribution in [0, 0.1) is 0 Å². The van der Waals surface area contributed by atoms with Crippen molar-refractivity contribution < 1.29 is 13.9 Å². The molecule has 2 aromatic heterocycles. The highest BCUT2D eigenvalue weighted by atomic mass is 16.5. The molecule has 0 aliphatic carbocycles. The molecular weight excluding hydrogens is 428 g/mol. The van der Waals surface area contributed by atoms with E-state index in [1.165, 1.54) is 0 Å². The molecule has 0 radical (unpaired) electrons. The number of hydrogen-bond acceptors (Lipinski definition) is 5. The minimum atomic E-state index is -0.182. The Morgan fingerprint density at radius 3 is 2.56 bits per heavy atom. The molecule has 5 rings (SSSR count). The third-order valence-electron chi connectivity index (χ3n) is 6.25. The third-order valence-corrected chi connectivity index (χ3v) is 6.25. The number of amides is 1. The number of furan rings is 1. The first kappa shape index (κ1) is 22.0. The van der Waals surface area contributed by atoms with Crippen molar-refractivity contribution in [1.82, 2.24) is 20.0 Å². The zero-order valence-electron chi connectivity index (χ0n) is 19.2. The molecule has 7 heteroatoms. The molecule has 34 heavy (non-hydrogen) atoms. The lowest BCUT2D eigenvalue weighted by Gasteiger charge is -2.26. The molecule has 3 heterocycles. The van der Waals surface area contributed by atoms with E-state index in [1.807, 2.05) is 66.7 Å². The summed E-state index contributed by atoms with van der Waals surface area (Å²) >= 11 is 0. The second-order valence-electron chi connectivity index (χ2n) is 8.36. The average molecular weight is 457 g/mol. The van der Waals surface area contributed by atoms with Crippen LogP contribution in [0.4, 0.5) is 0 Å². The standard InChI is InChI=1S/C27H28N4O3/c1-33-24-13-6-5-12-21(24)26-22(19-31(29-26)20-10-3-2-4-11-20)27(32)28-18-23(25-14-9-17-34-25)30-15-7-8-16-30/h2-6,9-14,17,19,23H,7-8,15-16,18H2,1H3,(H,28,32)/t23-/m1/s1. The summed E-state index contributed by atoms with van der Waals surface area (Å²) in [6.45, 7) is 2.45. The van der Waals surface area contributed by atoms with Crippen molar-refractivity contribution in [3.05, 3.63) is 90.5 Å². The molecule has 1 N–H and O–H groups in total. The Hall–Kier alpha value is -3.84. The number of hydrogen-bond donors (Lipinski definition) is 1. The summed E-state index contributed by atoms with van der Waals surface area (Å²) in [5.74, 6) is 1.35. The Bertz CT molecular complexity index is 1230. The minimum Gasteiger partial charge on any atom is -0.496 e. The maximum Gasteiger partial charge on any atom is 0.255 e. The monoisotopic (exact) mass is 456 g/mol. The summed E-state index contributed by atoms with van der Waals surface area (Å²) in [4.78, 5) is 15.9. The van der Waals surface area contributed by atoms with Crippen LogP contribution in [0.15, 0.2) is 83.6 Å². The molecular formula is C27H28N4O3. The van der Waals surface area contributed by atoms with Crippen molar-refractivity contribution in [2.24, 2.45) is 0 Å². The van der Waals surface area contributed by atoms with Crippen LogP contribution in [0.5, 0.6) is 5.75 Å². The van der Waals surface area contributed by atoms with Crippen LogP contribution >= 0.6 is 0 Å². The van der Waals surface area contributed by atoms with Gasteiger partial charge in [-0.05, 0) is 62.3 Å². The summed E-state index contributed by atoms with van der Waals surface area (Å²) < 4.78 is 13.0. The van der Waals surface area contributed by atoms with Crippen molar-refractivity contribution >= 4 is 5.91 Å². The fourth-order valence-corrected chi connectivity index (χ4v) is 4.52. The minimum absolute atomic E-state index is 0.000305. The highest BCUT2D eigenvalue weighted by Gasteiger charge is 2.27. The third kappa shape index (κ3) is 4.47. The molecule has 1 amide bonds. The number of carbonyl (C=O) groups is 1. The highest BCUT2D eigenvalue weighted by molar-refractivity contribution is 6.00. The van der Waals surface area contributed by atoms with Crippen LogP contribution in [0.25, 0.3) is 16.9 Å². The lowest BCUT2D eigenvalue weighted by Crippen LogP contribution is -2.36. The van der Waals surface area contributed by atoms with Crippen LogP contribution in [0.3, 0.4) is 0 Å². The molecule has 174 valence electrons. The molecule has 7 nitrogen and oxygen atoms in total. The van der Waals surface area contributed by atoms with Gasteiger partial charge < -0.3 is 14.5 Å². The normalized spacial score (nSPS) is 14.7. The first-order chi connectivity index (χ1) is 16.7. The second kappa shape index (κ2) is 9.97. The summed E-state index contributed by atoms with van der Waals surface area (Å²) in [6, 6.07) is 21.3. The fraction of sp³-hybridized carbons (Fsp3) is 0.259. The number of nitrogens with one attached hydrogen (secondary N) is 1. The number of ether oxygens (including phenoxy) is 1. The van der Waals surface area contributed by atoms with Crippen LogP contribution < -0.4 is 10.1 Å². The number of carbonyl (C=O) groups excluding carboxylic acids is 1. The molecule has 2 aromatic carbocycles. The van der Waals surface area contributed by atoms with E-state index in [-0.39, 0.29) is 11.9 Å². The zero-order valence-corrected chi connectivity index (χ0v) is 19.2. The van der Waals surface area contributed by atoms with Crippen LogP contribution in [-0.2, 0) is 0 Å². The molecule has 4 aromatic rings. The van der Waals surface area contributed by atoms with Gasteiger partial charge in [0.05, 0.1) is 30.7 Å².